The molecule has 1 rings (SSSR count). The SMILES string of the molecule is COC(=O)[C@@H]1C[C@@H](F)C(=O)N1. The maximum atomic E-state index is 12.4. The zero-order chi connectivity index (χ0) is 8.43. The second kappa shape index (κ2) is 2.86. The lowest BCUT2D eigenvalue weighted by atomic mass is 10.2. The van der Waals surface area contributed by atoms with Crippen LogP contribution in [0.5, 0.6) is 0 Å². The second-order valence-corrected chi connectivity index (χ2v) is 2.29. The molecule has 2 atom stereocenters. The number of nitrogens with one attached hydrogen (secondary N) is 1. The van der Waals surface area contributed by atoms with Crippen LogP contribution in [0.15, 0.2) is 0 Å². The Bertz CT molecular complexity index is 194. The molecule has 1 heterocycles. The first-order chi connectivity index (χ1) is 5.15. The van der Waals surface area contributed by atoms with Crippen LogP contribution in [0.2, 0.25) is 0 Å². The number of alkyl halides is 1. The Hall–Kier alpha value is -1.13. The van der Waals surface area contributed by atoms with E-state index < -0.39 is 24.1 Å². The molecule has 0 aromatic rings. The van der Waals surface area contributed by atoms with E-state index in [-0.39, 0.29) is 6.42 Å². The molecule has 62 valence electrons. The summed E-state index contributed by atoms with van der Waals surface area (Å²) in [6, 6.07) is -0.803. The number of esters is 1. The summed E-state index contributed by atoms with van der Waals surface area (Å²) in [6.07, 6.45) is -1.69. The summed E-state index contributed by atoms with van der Waals surface area (Å²) in [4.78, 5) is 21.2. The Morgan fingerprint density at radius 1 is 1.82 bits per heavy atom. The third-order valence-electron chi connectivity index (χ3n) is 1.53. The molecule has 1 saturated heterocycles. The summed E-state index contributed by atoms with van der Waals surface area (Å²) in [6.45, 7) is 0. The van der Waals surface area contributed by atoms with Crippen molar-refractivity contribution in [3.8, 4) is 0 Å². The van der Waals surface area contributed by atoms with Gasteiger partial charge in [-0.15, -0.1) is 0 Å². The number of carbonyl (C=O) groups excluding carboxylic acids is 2. The number of hydrogen-bond donors (Lipinski definition) is 1. The van der Waals surface area contributed by atoms with Crippen LogP contribution in [0.25, 0.3) is 0 Å². The molecule has 0 bridgehead atoms. The van der Waals surface area contributed by atoms with Gasteiger partial charge in [0, 0.05) is 6.42 Å². The lowest BCUT2D eigenvalue weighted by Gasteiger charge is -2.04. The lowest BCUT2D eigenvalue weighted by molar-refractivity contribution is -0.143. The number of hydrogen-bond acceptors (Lipinski definition) is 3. The quantitative estimate of drug-likeness (QED) is 0.522. The van der Waals surface area contributed by atoms with Gasteiger partial charge >= 0.3 is 5.97 Å². The van der Waals surface area contributed by atoms with E-state index in [1.54, 1.807) is 0 Å². The highest BCUT2D eigenvalue weighted by Gasteiger charge is 2.36. The maximum Gasteiger partial charge on any atom is 0.328 e. The molecular formula is C6H8FNO3. The number of halogens is 1. The topological polar surface area (TPSA) is 55.4 Å². The minimum Gasteiger partial charge on any atom is -0.467 e. The van der Waals surface area contributed by atoms with Gasteiger partial charge in [-0.3, -0.25) is 4.79 Å². The van der Waals surface area contributed by atoms with Crippen LogP contribution in [0.3, 0.4) is 0 Å². The second-order valence-electron chi connectivity index (χ2n) is 2.29. The summed E-state index contributed by atoms with van der Waals surface area (Å²) in [5.41, 5.74) is 0. The highest BCUT2D eigenvalue weighted by Crippen LogP contribution is 2.11. The smallest absolute Gasteiger partial charge is 0.328 e. The average molecular weight is 161 g/mol. The molecule has 0 aliphatic carbocycles. The number of rotatable bonds is 1. The Balaban J connectivity index is 2.53. The van der Waals surface area contributed by atoms with Crippen molar-refractivity contribution in [2.24, 2.45) is 0 Å². The number of ether oxygens (including phenoxy) is 1. The van der Waals surface area contributed by atoms with Crippen molar-refractivity contribution in [3.05, 3.63) is 0 Å². The van der Waals surface area contributed by atoms with E-state index in [2.05, 4.69) is 10.1 Å². The summed E-state index contributed by atoms with van der Waals surface area (Å²) in [7, 11) is 1.19. The summed E-state index contributed by atoms with van der Waals surface area (Å²) >= 11 is 0. The molecule has 1 fully saturated rings. The molecule has 4 nitrogen and oxygen atoms in total. The van der Waals surface area contributed by atoms with Crippen molar-refractivity contribution in [2.45, 2.75) is 18.6 Å². The van der Waals surface area contributed by atoms with Crippen molar-refractivity contribution >= 4 is 11.9 Å². The largest absolute Gasteiger partial charge is 0.467 e. The van der Waals surface area contributed by atoms with Crippen molar-refractivity contribution in [3.63, 3.8) is 0 Å². The fourth-order valence-corrected chi connectivity index (χ4v) is 0.932. The van der Waals surface area contributed by atoms with Crippen LogP contribution in [-0.2, 0) is 14.3 Å². The molecule has 0 radical (unpaired) electrons. The standard InChI is InChI=1S/C6H8FNO3/c1-11-6(10)4-2-3(7)5(9)8-4/h3-4H,2H2,1H3,(H,8,9)/t3-,4+/m1/s1. The minimum atomic E-state index is -1.57. The normalized spacial score (nSPS) is 29.8. The molecule has 5 heteroatoms. The van der Waals surface area contributed by atoms with Crippen LogP contribution >= 0.6 is 0 Å². The van der Waals surface area contributed by atoms with Gasteiger partial charge < -0.3 is 10.1 Å². The molecule has 1 N–H and O–H groups in total. The molecule has 0 saturated carbocycles. The van der Waals surface area contributed by atoms with E-state index in [1.807, 2.05) is 0 Å². The monoisotopic (exact) mass is 161 g/mol. The average Bonchev–Trinajstić information content (AvgIpc) is 2.31. The van der Waals surface area contributed by atoms with Crippen molar-refractivity contribution in [2.75, 3.05) is 7.11 Å². The molecule has 1 amide bonds. The first kappa shape index (κ1) is 7.97. The summed E-state index contributed by atoms with van der Waals surface area (Å²) in [5.74, 6) is -1.33. The third-order valence-corrected chi connectivity index (χ3v) is 1.53. The Labute approximate surface area is 62.7 Å². The number of amides is 1. The number of methoxy groups -OCH3 is 1. The molecule has 0 spiro atoms. The van der Waals surface area contributed by atoms with E-state index in [1.165, 1.54) is 7.11 Å². The lowest BCUT2D eigenvalue weighted by Crippen LogP contribution is -2.34. The molecule has 1 aliphatic rings. The summed E-state index contributed by atoms with van der Waals surface area (Å²) < 4.78 is 16.8. The van der Waals surface area contributed by atoms with Crippen LogP contribution in [-0.4, -0.2) is 31.2 Å². The molecule has 0 unspecified atom stereocenters. The van der Waals surface area contributed by atoms with Crippen LogP contribution in [0.1, 0.15) is 6.42 Å². The van der Waals surface area contributed by atoms with E-state index in [4.69, 9.17) is 0 Å². The molecule has 11 heavy (non-hydrogen) atoms. The first-order valence-electron chi connectivity index (χ1n) is 3.17. The van der Waals surface area contributed by atoms with Gasteiger partial charge in [0.05, 0.1) is 7.11 Å². The highest BCUT2D eigenvalue weighted by atomic mass is 19.1. The molecule has 0 aromatic carbocycles. The van der Waals surface area contributed by atoms with Gasteiger partial charge in [0.25, 0.3) is 5.91 Å². The van der Waals surface area contributed by atoms with Gasteiger partial charge in [-0.1, -0.05) is 0 Å². The van der Waals surface area contributed by atoms with Gasteiger partial charge in [-0.2, -0.15) is 0 Å². The predicted molar refractivity (Wildman–Crippen MR) is 33.5 cm³/mol. The van der Waals surface area contributed by atoms with Crippen LogP contribution in [0.4, 0.5) is 4.39 Å². The van der Waals surface area contributed by atoms with Crippen molar-refractivity contribution in [1.82, 2.24) is 5.32 Å². The Morgan fingerprint density at radius 2 is 2.45 bits per heavy atom. The van der Waals surface area contributed by atoms with Crippen molar-refractivity contribution in [1.29, 1.82) is 0 Å². The zero-order valence-electron chi connectivity index (χ0n) is 5.96. The number of carbonyl (C=O) groups is 2. The van der Waals surface area contributed by atoms with Gasteiger partial charge in [-0.25, -0.2) is 9.18 Å². The van der Waals surface area contributed by atoms with E-state index in [0.29, 0.717) is 0 Å². The van der Waals surface area contributed by atoms with Crippen molar-refractivity contribution < 1.29 is 18.7 Å². The van der Waals surface area contributed by atoms with Crippen LogP contribution < -0.4 is 5.32 Å². The maximum absolute atomic E-state index is 12.4. The fourth-order valence-electron chi connectivity index (χ4n) is 0.932. The Morgan fingerprint density at radius 3 is 2.82 bits per heavy atom. The molecule has 1 aliphatic heterocycles. The summed E-state index contributed by atoms with van der Waals surface area (Å²) in [5, 5.41) is 2.17. The van der Waals surface area contributed by atoms with Gasteiger partial charge in [0.1, 0.15) is 6.04 Å². The minimum absolute atomic E-state index is 0.120. The fraction of sp³-hybridized carbons (Fsp3) is 0.667. The first-order valence-corrected chi connectivity index (χ1v) is 3.17. The van der Waals surface area contributed by atoms with Gasteiger partial charge in [-0.05, 0) is 0 Å². The van der Waals surface area contributed by atoms with Crippen LogP contribution in [0, 0.1) is 0 Å². The molecule has 0 aromatic heterocycles. The zero-order valence-corrected chi connectivity index (χ0v) is 5.96. The van der Waals surface area contributed by atoms with E-state index in [0.717, 1.165) is 0 Å². The molecular weight excluding hydrogens is 153 g/mol. The highest BCUT2D eigenvalue weighted by molar-refractivity contribution is 5.90. The van der Waals surface area contributed by atoms with E-state index in [9.17, 15) is 14.0 Å². The van der Waals surface area contributed by atoms with Gasteiger partial charge in [0.15, 0.2) is 6.17 Å². The predicted octanol–water partition coefficient (Wildman–Crippen LogP) is -0.614. The third kappa shape index (κ3) is 1.47. The van der Waals surface area contributed by atoms with E-state index >= 15 is 0 Å². The Kier molecular flexibility index (Phi) is 2.07. The van der Waals surface area contributed by atoms with Gasteiger partial charge in [0.2, 0.25) is 0 Å².